The fraction of sp³-hybridized carbons (Fsp3) is 0.182. The zero-order valence-electron chi connectivity index (χ0n) is 17.1. The summed E-state index contributed by atoms with van der Waals surface area (Å²) in [6.07, 6.45) is 0. The van der Waals surface area contributed by atoms with Crippen molar-refractivity contribution in [1.29, 1.82) is 5.26 Å². The summed E-state index contributed by atoms with van der Waals surface area (Å²) >= 11 is 4.60. The number of ether oxygens (including phenoxy) is 2. The van der Waals surface area contributed by atoms with Crippen molar-refractivity contribution in [1.82, 2.24) is 0 Å². The molecule has 0 spiro atoms. The van der Waals surface area contributed by atoms with Gasteiger partial charge in [-0.05, 0) is 49.7 Å². The number of nitrogens with zero attached hydrogens (tertiary/aromatic N) is 2. The van der Waals surface area contributed by atoms with Crippen LogP contribution in [0.15, 0.2) is 79.5 Å². The molecular weight excluding hydrogens is 498 g/mol. The Bertz CT molecular complexity index is 1190. The number of halogens is 1. The number of nitro groups is 1. The lowest BCUT2D eigenvalue weighted by atomic mass is 9.83. The highest BCUT2D eigenvalue weighted by atomic mass is 79.9. The van der Waals surface area contributed by atoms with Gasteiger partial charge in [-0.2, -0.15) is 5.26 Å². The maximum atomic E-state index is 12.6. The molecule has 1 atom stereocenters. The lowest BCUT2D eigenvalue weighted by Gasteiger charge is -2.26. The highest BCUT2D eigenvalue weighted by molar-refractivity contribution is 9.10. The summed E-state index contributed by atoms with van der Waals surface area (Å²) in [6.45, 7) is 3.31. The highest BCUT2D eigenvalue weighted by Crippen LogP contribution is 2.43. The summed E-state index contributed by atoms with van der Waals surface area (Å²) < 4.78 is 11.4. The average molecular weight is 516 g/mol. The SMILES string of the molecule is CCOC(=O)C1=C(C)OC(N)=C(C#N)C1c1ccc(Sc2ccc(Br)cc2)c([N+](=O)[O-])c1. The zero-order valence-corrected chi connectivity index (χ0v) is 19.5. The first-order valence-electron chi connectivity index (χ1n) is 9.44. The summed E-state index contributed by atoms with van der Waals surface area (Å²) in [4.78, 5) is 25.2. The normalized spacial score (nSPS) is 15.8. The molecule has 0 aliphatic carbocycles. The van der Waals surface area contributed by atoms with Gasteiger partial charge in [0.1, 0.15) is 17.4 Å². The predicted octanol–water partition coefficient (Wildman–Crippen LogP) is 5.15. The van der Waals surface area contributed by atoms with Crippen molar-refractivity contribution >= 4 is 39.3 Å². The van der Waals surface area contributed by atoms with Crippen LogP contribution in [0.1, 0.15) is 25.3 Å². The van der Waals surface area contributed by atoms with Gasteiger partial charge in [0.15, 0.2) is 0 Å². The van der Waals surface area contributed by atoms with Crippen LogP contribution in [0.25, 0.3) is 0 Å². The largest absolute Gasteiger partial charge is 0.463 e. The summed E-state index contributed by atoms with van der Waals surface area (Å²) in [5.74, 6) is -1.59. The van der Waals surface area contributed by atoms with Crippen LogP contribution in [0.4, 0.5) is 5.69 Å². The fourth-order valence-corrected chi connectivity index (χ4v) is 4.43. The molecule has 0 aromatic heterocycles. The van der Waals surface area contributed by atoms with Crippen molar-refractivity contribution in [3.05, 3.63) is 85.4 Å². The molecule has 0 bridgehead atoms. The number of allylic oxidation sites excluding steroid dienone is 2. The van der Waals surface area contributed by atoms with Gasteiger partial charge in [0.05, 0.1) is 27.9 Å². The molecule has 0 saturated heterocycles. The molecule has 10 heteroatoms. The molecule has 1 heterocycles. The molecule has 1 unspecified atom stereocenters. The standard InChI is InChI=1S/C22H18BrN3O5S/c1-3-30-22(27)19-12(2)31-21(25)16(11-24)20(19)13-4-9-18(17(10-13)26(28)29)32-15-7-5-14(23)6-8-15/h4-10,20H,3,25H2,1-2H3. The molecule has 3 rings (SSSR count). The molecule has 1 aliphatic heterocycles. The number of carbonyl (C=O) groups is 1. The van der Waals surface area contributed by atoms with Gasteiger partial charge in [0.25, 0.3) is 5.69 Å². The van der Waals surface area contributed by atoms with E-state index in [0.717, 1.165) is 9.37 Å². The van der Waals surface area contributed by atoms with Gasteiger partial charge in [-0.15, -0.1) is 0 Å². The van der Waals surface area contributed by atoms with Crippen LogP contribution in [-0.2, 0) is 14.3 Å². The topological polar surface area (TPSA) is 128 Å². The zero-order chi connectivity index (χ0) is 23.4. The Morgan fingerprint density at radius 2 is 2.03 bits per heavy atom. The van der Waals surface area contributed by atoms with Crippen molar-refractivity contribution in [2.24, 2.45) is 5.73 Å². The number of nitrogens with two attached hydrogens (primary N) is 1. The van der Waals surface area contributed by atoms with Gasteiger partial charge >= 0.3 is 5.97 Å². The summed E-state index contributed by atoms with van der Waals surface area (Å²) in [6, 6.07) is 13.9. The number of rotatable bonds is 6. The third-order valence-corrected chi connectivity index (χ3v) is 6.26. The average Bonchev–Trinajstić information content (AvgIpc) is 2.75. The van der Waals surface area contributed by atoms with Crippen LogP contribution in [0.3, 0.4) is 0 Å². The van der Waals surface area contributed by atoms with Crippen LogP contribution in [0.5, 0.6) is 0 Å². The van der Waals surface area contributed by atoms with Crippen LogP contribution in [0.2, 0.25) is 0 Å². The lowest BCUT2D eigenvalue weighted by molar-refractivity contribution is -0.387. The third kappa shape index (κ3) is 4.79. The molecule has 2 aromatic carbocycles. The van der Waals surface area contributed by atoms with E-state index >= 15 is 0 Å². The second-order valence-electron chi connectivity index (χ2n) is 6.66. The molecule has 0 amide bonds. The minimum absolute atomic E-state index is 0.0127. The number of esters is 1. The van der Waals surface area contributed by atoms with Gasteiger partial charge in [-0.25, -0.2) is 4.79 Å². The minimum atomic E-state index is -0.946. The molecule has 2 N–H and O–H groups in total. The van der Waals surface area contributed by atoms with Crippen LogP contribution in [-0.4, -0.2) is 17.5 Å². The first-order chi connectivity index (χ1) is 15.3. The number of benzene rings is 2. The van der Waals surface area contributed by atoms with Crippen LogP contribution in [0, 0.1) is 21.4 Å². The molecular formula is C22H18BrN3O5S. The van der Waals surface area contributed by atoms with Gasteiger partial charge in [-0.3, -0.25) is 10.1 Å². The number of hydrogen-bond acceptors (Lipinski definition) is 8. The Morgan fingerprint density at radius 1 is 1.34 bits per heavy atom. The second kappa shape index (κ2) is 9.89. The summed E-state index contributed by atoms with van der Waals surface area (Å²) in [7, 11) is 0. The Labute approximate surface area is 197 Å². The van der Waals surface area contributed by atoms with Crippen LogP contribution >= 0.6 is 27.7 Å². The molecule has 0 fully saturated rings. The summed E-state index contributed by atoms with van der Waals surface area (Å²) in [5.41, 5.74) is 6.17. The lowest BCUT2D eigenvalue weighted by Crippen LogP contribution is -2.25. The minimum Gasteiger partial charge on any atom is -0.463 e. The quantitative estimate of drug-likeness (QED) is 0.317. The van der Waals surface area contributed by atoms with Gasteiger partial charge in [0.2, 0.25) is 5.88 Å². The molecule has 2 aromatic rings. The second-order valence-corrected chi connectivity index (χ2v) is 8.69. The van der Waals surface area contributed by atoms with Gasteiger partial charge in [0, 0.05) is 15.4 Å². The Morgan fingerprint density at radius 3 is 2.62 bits per heavy atom. The van der Waals surface area contributed by atoms with Crippen LogP contribution < -0.4 is 5.73 Å². The van der Waals surface area contributed by atoms with Crippen molar-refractivity contribution in [2.75, 3.05) is 6.61 Å². The molecule has 8 nitrogen and oxygen atoms in total. The molecule has 0 saturated carbocycles. The molecule has 1 aliphatic rings. The van der Waals surface area contributed by atoms with E-state index in [4.69, 9.17) is 15.2 Å². The van der Waals surface area contributed by atoms with Gasteiger partial charge < -0.3 is 15.2 Å². The van der Waals surface area contributed by atoms with E-state index in [9.17, 15) is 20.2 Å². The maximum absolute atomic E-state index is 12.6. The summed E-state index contributed by atoms with van der Waals surface area (Å²) in [5, 5.41) is 21.5. The Kier molecular flexibility index (Phi) is 7.22. The Balaban J connectivity index is 2.11. The van der Waals surface area contributed by atoms with Crippen molar-refractivity contribution in [3.63, 3.8) is 0 Å². The van der Waals surface area contributed by atoms with E-state index in [-0.39, 0.29) is 35.1 Å². The Hall–Kier alpha value is -3.29. The molecule has 164 valence electrons. The first kappa shape index (κ1) is 23.4. The number of nitro benzene ring substituents is 1. The first-order valence-corrected chi connectivity index (χ1v) is 11.0. The van der Waals surface area contributed by atoms with Crippen molar-refractivity contribution in [3.8, 4) is 6.07 Å². The van der Waals surface area contributed by atoms with Crippen molar-refractivity contribution < 1.29 is 19.2 Å². The smallest absolute Gasteiger partial charge is 0.338 e. The van der Waals surface area contributed by atoms with E-state index in [1.807, 2.05) is 30.3 Å². The van der Waals surface area contributed by atoms with Crippen molar-refractivity contribution in [2.45, 2.75) is 29.6 Å². The number of hydrogen-bond donors (Lipinski definition) is 1. The monoisotopic (exact) mass is 515 g/mol. The third-order valence-electron chi connectivity index (χ3n) is 4.66. The van der Waals surface area contributed by atoms with E-state index in [1.165, 1.54) is 24.8 Å². The van der Waals surface area contributed by atoms with Gasteiger partial charge in [-0.1, -0.05) is 33.8 Å². The highest BCUT2D eigenvalue weighted by Gasteiger charge is 2.37. The fourth-order valence-electron chi connectivity index (χ4n) is 3.26. The number of nitriles is 1. The maximum Gasteiger partial charge on any atom is 0.338 e. The number of carbonyl (C=O) groups excluding carboxylic acids is 1. The van der Waals surface area contributed by atoms with E-state index < -0.39 is 16.8 Å². The van der Waals surface area contributed by atoms with E-state index in [2.05, 4.69) is 15.9 Å². The van der Waals surface area contributed by atoms with E-state index in [1.54, 1.807) is 19.1 Å². The molecule has 32 heavy (non-hydrogen) atoms. The predicted molar refractivity (Wildman–Crippen MR) is 121 cm³/mol. The van der Waals surface area contributed by atoms with E-state index in [0.29, 0.717) is 10.5 Å². The molecule has 0 radical (unpaired) electrons.